The van der Waals surface area contributed by atoms with Gasteiger partial charge in [0.15, 0.2) is 0 Å². The molecule has 0 aromatic heterocycles. The van der Waals surface area contributed by atoms with Crippen LogP contribution in [0, 0.1) is 17.3 Å². The number of rotatable bonds is 5. The Bertz CT molecular complexity index is 1010. The van der Waals surface area contributed by atoms with Crippen LogP contribution in [0.1, 0.15) is 57.6 Å². The zero-order valence-electron chi connectivity index (χ0n) is 19.6. The van der Waals surface area contributed by atoms with Gasteiger partial charge in [-0.15, -0.1) is 0 Å². The average Bonchev–Trinajstić information content (AvgIpc) is 2.78. The topological polar surface area (TPSA) is 57.6 Å². The molecule has 4 rings (SSSR count). The minimum Gasteiger partial charge on any atom is -0.396 e. The smallest absolute Gasteiger partial charge is 0.243 e. The molecule has 32 heavy (non-hydrogen) atoms. The maximum atomic E-state index is 13.6. The molecule has 2 aromatic carbocycles. The highest BCUT2D eigenvalue weighted by atomic mass is 32.2. The SMILES string of the molecule is CC(C)(C)c1ccc(S(=O)(=O)N2CCC3CC(CO)CC[C@]3(Cc3ccccc3)C2)cc1. The van der Waals surface area contributed by atoms with Gasteiger partial charge in [0.05, 0.1) is 4.90 Å². The standard InChI is InChI=1S/C27H37NO3S/c1-26(2,3)23-9-11-25(12-10-23)32(30,31)28-16-14-24-17-22(19-29)13-15-27(24,20-28)18-21-7-5-4-6-8-21/h4-12,22,24,29H,13-20H2,1-3H3/t22?,24?,27-/m0/s1. The average molecular weight is 456 g/mol. The zero-order valence-corrected chi connectivity index (χ0v) is 20.4. The summed E-state index contributed by atoms with van der Waals surface area (Å²) in [5.74, 6) is 0.792. The lowest BCUT2D eigenvalue weighted by Gasteiger charge is -2.52. The molecule has 5 heteroatoms. The minimum absolute atomic E-state index is 0.00821. The van der Waals surface area contributed by atoms with E-state index >= 15 is 0 Å². The first-order chi connectivity index (χ1) is 15.1. The van der Waals surface area contributed by atoms with Crippen LogP contribution < -0.4 is 0 Å². The molecule has 0 bridgehead atoms. The van der Waals surface area contributed by atoms with Crippen molar-refractivity contribution in [2.45, 2.75) is 63.2 Å². The molecule has 1 aliphatic carbocycles. The van der Waals surface area contributed by atoms with Gasteiger partial charge in [-0.05, 0) is 78.0 Å². The molecular formula is C27H37NO3S. The van der Waals surface area contributed by atoms with Crippen molar-refractivity contribution >= 4 is 10.0 Å². The van der Waals surface area contributed by atoms with Gasteiger partial charge in [-0.25, -0.2) is 8.42 Å². The summed E-state index contributed by atoms with van der Waals surface area (Å²) < 4.78 is 29.0. The van der Waals surface area contributed by atoms with E-state index in [-0.39, 0.29) is 17.4 Å². The second-order valence-electron chi connectivity index (χ2n) is 10.9. The summed E-state index contributed by atoms with van der Waals surface area (Å²) in [4.78, 5) is 0.392. The summed E-state index contributed by atoms with van der Waals surface area (Å²) in [6, 6.07) is 17.9. The summed E-state index contributed by atoms with van der Waals surface area (Å²) >= 11 is 0. The van der Waals surface area contributed by atoms with Crippen LogP contribution in [0.2, 0.25) is 0 Å². The summed E-state index contributed by atoms with van der Waals surface area (Å²) in [5, 5.41) is 9.76. The first-order valence-corrected chi connectivity index (χ1v) is 13.3. The van der Waals surface area contributed by atoms with E-state index in [0.29, 0.717) is 29.8 Å². The number of sulfonamides is 1. The lowest BCUT2D eigenvalue weighted by atomic mass is 9.58. The van der Waals surface area contributed by atoms with E-state index < -0.39 is 10.0 Å². The van der Waals surface area contributed by atoms with E-state index in [4.69, 9.17) is 0 Å². The van der Waals surface area contributed by atoms with Gasteiger partial charge in [0.25, 0.3) is 0 Å². The van der Waals surface area contributed by atoms with Crippen molar-refractivity contribution < 1.29 is 13.5 Å². The molecule has 0 amide bonds. The Balaban J connectivity index is 1.62. The number of fused-ring (bicyclic) bond motifs is 1. The molecule has 4 nitrogen and oxygen atoms in total. The molecule has 2 aromatic rings. The van der Waals surface area contributed by atoms with Crippen molar-refractivity contribution in [2.24, 2.45) is 17.3 Å². The predicted molar refractivity (Wildman–Crippen MR) is 129 cm³/mol. The normalized spacial score (nSPS) is 27.1. The molecule has 1 N–H and O–H groups in total. The van der Waals surface area contributed by atoms with E-state index in [2.05, 4.69) is 45.0 Å². The van der Waals surface area contributed by atoms with Gasteiger partial charge in [-0.1, -0.05) is 63.2 Å². The van der Waals surface area contributed by atoms with Crippen molar-refractivity contribution in [3.05, 3.63) is 65.7 Å². The van der Waals surface area contributed by atoms with Crippen molar-refractivity contribution in [1.82, 2.24) is 4.31 Å². The largest absolute Gasteiger partial charge is 0.396 e. The minimum atomic E-state index is -3.54. The lowest BCUT2D eigenvalue weighted by molar-refractivity contribution is -0.00736. The van der Waals surface area contributed by atoms with Crippen LogP contribution in [-0.4, -0.2) is 37.5 Å². The first-order valence-electron chi connectivity index (χ1n) is 11.9. The Morgan fingerprint density at radius 2 is 1.72 bits per heavy atom. The fraction of sp³-hybridized carbons (Fsp3) is 0.556. The number of aliphatic hydroxyl groups is 1. The van der Waals surface area contributed by atoms with Gasteiger partial charge in [0, 0.05) is 19.7 Å². The highest BCUT2D eigenvalue weighted by Crippen LogP contribution is 2.51. The van der Waals surface area contributed by atoms with Gasteiger partial charge in [-0.2, -0.15) is 4.31 Å². The van der Waals surface area contributed by atoms with E-state index in [9.17, 15) is 13.5 Å². The third kappa shape index (κ3) is 4.66. The second kappa shape index (κ2) is 8.92. The molecule has 2 unspecified atom stereocenters. The van der Waals surface area contributed by atoms with Crippen molar-refractivity contribution in [2.75, 3.05) is 19.7 Å². The molecule has 174 valence electrons. The molecule has 1 saturated heterocycles. The van der Waals surface area contributed by atoms with Crippen molar-refractivity contribution in [3.63, 3.8) is 0 Å². The zero-order chi connectivity index (χ0) is 23.0. The Morgan fingerprint density at radius 1 is 1.03 bits per heavy atom. The van der Waals surface area contributed by atoms with E-state index in [0.717, 1.165) is 37.7 Å². The van der Waals surface area contributed by atoms with E-state index in [1.54, 1.807) is 16.4 Å². The van der Waals surface area contributed by atoms with Gasteiger partial charge >= 0.3 is 0 Å². The lowest BCUT2D eigenvalue weighted by Crippen LogP contribution is -2.54. The van der Waals surface area contributed by atoms with E-state index in [1.165, 1.54) is 5.56 Å². The molecule has 3 atom stereocenters. The Hall–Kier alpha value is -1.69. The first kappa shape index (κ1) is 23.5. The fourth-order valence-corrected chi connectivity index (χ4v) is 7.32. The molecule has 0 radical (unpaired) electrons. The Kier molecular flexibility index (Phi) is 6.54. The molecule has 2 fully saturated rings. The monoisotopic (exact) mass is 455 g/mol. The van der Waals surface area contributed by atoms with Crippen LogP contribution in [0.3, 0.4) is 0 Å². The maximum Gasteiger partial charge on any atom is 0.243 e. The van der Waals surface area contributed by atoms with Crippen LogP contribution in [0.5, 0.6) is 0 Å². The summed E-state index contributed by atoms with van der Waals surface area (Å²) in [6.07, 6.45) is 4.69. The maximum absolute atomic E-state index is 13.6. The predicted octanol–water partition coefficient (Wildman–Crippen LogP) is 5.02. The summed E-state index contributed by atoms with van der Waals surface area (Å²) in [6.45, 7) is 7.77. The quantitative estimate of drug-likeness (QED) is 0.689. The number of nitrogens with zero attached hydrogens (tertiary/aromatic N) is 1. The highest BCUT2D eigenvalue weighted by Gasteiger charge is 2.49. The summed E-state index contributed by atoms with van der Waals surface area (Å²) in [5.41, 5.74) is 2.34. The van der Waals surface area contributed by atoms with Crippen LogP contribution in [0.4, 0.5) is 0 Å². The molecular weight excluding hydrogens is 418 g/mol. The molecule has 1 aliphatic heterocycles. The number of benzene rings is 2. The third-order valence-corrected chi connectivity index (χ3v) is 9.63. The number of hydrogen-bond acceptors (Lipinski definition) is 3. The number of aliphatic hydroxyl groups excluding tert-OH is 1. The van der Waals surface area contributed by atoms with Gasteiger partial charge in [0.2, 0.25) is 10.0 Å². The Labute approximate surface area is 193 Å². The molecule has 0 spiro atoms. The highest BCUT2D eigenvalue weighted by molar-refractivity contribution is 7.89. The second-order valence-corrected chi connectivity index (χ2v) is 12.9. The Morgan fingerprint density at radius 3 is 2.34 bits per heavy atom. The van der Waals surface area contributed by atoms with Crippen LogP contribution in [0.15, 0.2) is 59.5 Å². The van der Waals surface area contributed by atoms with E-state index in [1.807, 2.05) is 18.2 Å². The molecule has 1 saturated carbocycles. The molecule has 1 heterocycles. The van der Waals surface area contributed by atoms with Gasteiger partial charge in [-0.3, -0.25) is 0 Å². The third-order valence-electron chi connectivity index (χ3n) is 7.77. The van der Waals surface area contributed by atoms with Crippen LogP contribution in [0.25, 0.3) is 0 Å². The fourth-order valence-electron chi connectivity index (χ4n) is 5.77. The number of hydrogen-bond donors (Lipinski definition) is 1. The van der Waals surface area contributed by atoms with Crippen LogP contribution in [-0.2, 0) is 21.9 Å². The number of piperidine rings is 1. The van der Waals surface area contributed by atoms with Gasteiger partial charge < -0.3 is 5.11 Å². The van der Waals surface area contributed by atoms with Gasteiger partial charge in [0.1, 0.15) is 0 Å². The van der Waals surface area contributed by atoms with Crippen molar-refractivity contribution in [1.29, 1.82) is 0 Å². The van der Waals surface area contributed by atoms with Crippen molar-refractivity contribution in [3.8, 4) is 0 Å². The summed E-state index contributed by atoms with van der Waals surface area (Å²) in [7, 11) is -3.54. The van der Waals surface area contributed by atoms with Crippen LogP contribution >= 0.6 is 0 Å². The molecule has 2 aliphatic rings.